The Kier molecular flexibility index (Phi) is 3.62. The lowest BCUT2D eigenvalue weighted by molar-refractivity contribution is -0.191. The van der Waals surface area contributed by atoms with Crippen LogP contribution >= 0.6 is 0 Å². The van der Waals surface area contributed by atoms with E-state index in [1.807, 2.05) is 6.07 Å². The van der Waals surface area contributed by atoms with Crippen molar-refractivity contribution in [3.63, 3.8) is 0 Å². The van der Waals surface area contributed by atoms with E-state index >= 15 is 0 Å². The molecule has 0 atom stereocenters. The number of rotatable bonds is 2. The summed E-state index contributed by atoms with van der Waals surface area (Å²) in [5.41, 5.74) is 3.63. The number of hydrogen-bond acceptors (Lipinski definition) is 2. The molecule has 2 heteroatoms. The molecule has 1 saturated heterocycles. The molecule has 1 fully saturated rings. The van der Waals surface area contributed by atoms with Gasteiger partial charge in [0.15, 0.2) is 6.29 Å². The molecule has 0 radical (unpaired) electrons. The Morgan fingerprint density at radius 1 is 0.789 bits per heavy atom. The Balaban J connectivity index is 1.65. The van der Waals surface area contributed by atoms with Crippen LogP contribution in [0.15, 0.2) is 54.6 Å². The molecule has 0 aliphatic carbocycles. The van der Waals surface area contributed by atoms with Gasteiger partial charge in [0.05, 0.1) is 13.2 Å². The van der Waals surface area contributed by atoms with Crippen LogP contribution in [0.1, 0.15) is 28.9 Å². The third-order valence-corrected chi connectivity index (χ3v) is 3.52. The van der Waals surface area contributed by atoms with Gasteiger partial charge >= 0.3 is 0 Å². The molecule has 19 heavy (non-hydrogen) atoms. The van der Waals surface area contributed by atoms with Crippen molar-refractivity contribution in [1.29, 1.82) is 0 Å². The first-order valence-corrected chi connectivity index (χ1v) is 6.67. The summed E-state index contributed by atoms with van der Waals surface area (Å²) in [6.45, 7) is 3.50. The highest BCUT2D eigenvalue weighted by Gasteiger charge is 2.24. The van der Waals surface area contributed by atoms with Crippen LogP contribution in [0, 0.1) is 6.92 Å². The smallest absolute Gasteiger partial charge is 0.183 e. The van der Waals surface area contributed by atoms with Crippen molar-refractivity contribution >= 4 is 0 Å². The van der Waals surface area contributed by atoms with Gasteiger partial charge in [-0.3, -0.25) is 0 Å². The standard InChI is InChI=1S/C17H18O2/c1-13-7-9-15(10-8-13)17-18-11-16(12-19-17)14-5-3-2-4-6-14/h2-10,16-17H,11-12H2,1H3. The topological polar surface area (TPSA) is 18.5 Å². The molecule has 1 aliphatic rings. The number of benzene rings is 2. The van der Waals surface area contributed by atoms with Gasteiger partial charge in [0.1, 0.15) is 0 Å². The second kappa shape index (κ2) is 5.55. The molecule has 0 N–H and O–H groups in total. The highest BCUT2D eigenvalue weighted by Crippen LogP contribution is 2.29. The van der Waals surface area contributed by atoms with Gasteiger partial charge in [0.2, 0.25) is 0 Å². The Morgan fingerprint density at radius 3 is 2.05 bits per heavy atom. The van der Waals surface area contributed by atoms with Crippen LogP contribution < -0.4 is 0 Å². The van der Waals surface area contributed by atoms with Gasteiger partial charge in [0.25, 0.3) is 0 Å². The van der Waals surface area contributed by atoms with Gasteiger partial charge in [0, 0.05) is 11.5 Å². The average Bonchev–Trinajstić information content (AvgIpc) is 2.49. The first kappa shape index (κ1) is 12.4. The van der Waals surface area contributed by atoms with Crippen LogP contribution in [-0.4, -0.2) is 13.2 Å². The fraction of sp³-hybridized carbons (Fsp3) is 0.294. The normalized spacial score (nSPS) is 23.2. The minimum atomic E-state index is -0.222. The molecule has 0 spiro atoms. The summed E-state index contributed by atoms with van der Waals surface area (Å²) in [4.78, 5) is 0. The summed E-state index contributed by atoms with van der Waals surface area (Å²) in [6, 6.07) is 18.7. The third kappa shape index (κ3) is 2.86. The fourth-order valence-corrected chi connectivity index (χ4v) is 2.34. The van der Waals surface area contributed by atoms with Gasteiger partial charge < -0.3 is 9.47 Å². The minimum Gasteiger partial charge on any atom is -0.348 e. The Bertz CT molecular complexity index is 511. The van der Waals surface area contributed by atoms with Gasteiger partial charge in [-0.25, -0.2) is 0 Å². The molecule has 2 nitrogen and oxygen atoms in total. The van der Waals surface area contributed by atoms with Crippen molar-refractivity contribution in [1.82, 2.24) is 0 Å². The molecule has 98 valence electrons. The highest BCUT2D eigenvalue weighted by atomic mass is 16.7. The van der Waals surface area contributed by atoms with Crippen molar-refractivity contribution in [2.75, 3.05) is 13.2 Å². The monoisotopic (exact) mass is 254 g/mol. The molecule has 0 unspecified atom stereocenters. The van der Waals surface area contributed by atoms with E-state index in [1.165, 1.54) is 11.1 Å². The maximum Gasteiger partial charge on any atom is 0.183 e. The lowest BCUT2D eigenvalue weighted by atomic mass is 10.0. The predicted octanol–water partition coefficient (Wildman–Crippen LogP) is 3.82. The Labute approximate surface area is 114 Å². The van der Waals surface area contributed by atoms with Crippen LogP contribution in [-0.2, 0) is 9.47 Å². The van der Waals surface area contributed by atoms with Crippen molar-refractivity contribution in [3.8, 4) is 0 Å². The van der Waals surface area contributed by atoms with E-state index in [0.29, 0.717) is 19.1 Å². The summed E-state index contributed by atoms with van der Waals surface area (Å²) in [6.07, 6.45) is -0.222. The third-order valence-electron chi connectivity index (χ3n) is 3.52. The molecule has 3 rings (SSSR count). The maximum atomic E-state index is 5.85. The summed E-state index contributed by atoms with van der Waals surface area (Å²) in [5, 5.41) is 0. The van der Waals surface area contributed by atoms with Gasteiger partial charge in [-0.15, -0.1) is 0 Å². The predicted molar refractivity (Wildman–Crippen MR) is 75.0 cm³/mol. The van der Waals surface area contributed by atoms with Gasteiger partial charge in [-0.2, -0.15) is 0 Å². The quantitative estimate of drug-likeness (QED) is 0.811. The Hall–Kier alpha value is -1.64. The fourth-order valence-electron chi connectivity index (χ4n) is 2.34. The van der Waals surface area contributed by atoms with E-state index in [-0.39, 0.29) is 6.29 Å². The van der Waals surface area contributed by atoms with Crippen LogP contribution in [0.2, 0.25) is 0 Å². The van der Waals surface area contributed by atoms with E-state index < -0.39 is 0 Å². The van der Waals surface area contributed by atoms with Crippen LogP contribution in [0.5, 0.6) is 0 Å². The molecule has 1 heterocycles. The lowest BCUT2D eigenvalue weighted by Gasteiger charge is -2.30. The molecule has 1 aliphatic heterocycles. The maximum absolute atomic E-state index is 5.85. The van der Waals surface area contributed by atoms with Crippen molar-refractivity contribution in [2.24, 2.45) is 0 Å². The zero-order chi connectivity index (χ0) is 13.1. The average molecular weight is 254 g/mol. The highest BCUT2D eigenvalue weighted by molar-refractivity contribution is 5.23. The first-order valence-electron chi connectivity index (χ1n) is 6.67. The Morgan fingerprint density at radius 2 is 1.42 bits per heavy atom. The van der Waals surface area contributed by atoms with Crippen LogP contribution in [0.3, 0.4) is 0 Å². The van der Waals surface area contributed by atoms with E-state index in [0.717, 1.165) is 5.56 Å². The zero-order valence-electron chi connectivity index (χ0n) is 11.1. The van der Waals surface area contributed by atoms with E-state index in [9.17, 15) is 0 Å². The molecular weight excluding hydrogens is 236 g/mol. The van der Waals surface area contributed by atoms with E-state index in [2.05, 4.69) is 55.5 Å². The first-order chi connectivity index (χ1) is 9.33. The second-order valence-electron chi connectivity index (χ2n) is 5.02. The zero-order valence-corrected chi connectivity index (χ0v) is 11.1. The summed E-state index contributed by atoms with van der Waals surface area (Å²) in [7, 11) is 0. The second-order valence-corrected chi connectivity index (χ2v) is 5.02. The van der Waals surface area contributed by atoms with E-state index in [4.69, 9.17) is 9.47 Å². The molecule has 0 saturated carbocycles. The van der Waals surface area contributed by atoms with Crippen molar-refractivity contribution in [3.05, 3.63) is 71.3 Å². The van der Waals surface area contributed by atoms with Gasteiger partial charge in [-0.05, 0) is 12.5 Å². The van der Waals surface area contributed by atoms with Crippen LogP contribution in [0.4, 0.5) is 0 Å². The molecule has 0 aromatic heterocycles. The SMILES string of the molecule is Cc1ccc(C2OCC(c3ccccc3)CO2)cc1. The summed E-state index contributed by atoms with van der Waals surface area (Å²) < 4.78 is 11.7. The van der Waals surface area contributed by atoms with E-state index in [1.54, 1.807) is 0 Å². The molecular formula is C17H18O2. The minimum absolute atomic E-state index is 0.222. The molecule has 2 aromatic rings. The number of hydrogen-bond donors (Lipinski definition) is 0. The van der Waals surface area contributed by atoms with Gasteiger partial charge in [-0.1, -0.05) is 60.2 Å². The summed E-state index contributed by atoms with van der Waals surface area (Å²) >= 11 is 0. The molecule has 0 bridgehead atoms. The van der Waals surface area contributed by atoms with Crippen molar-refractivity contribution in [2.45, 2.75) is 19.1 Å². The lowest BCUT2D eigenvalue weighted by Crippen LogP contribution is -2.25. The largest absolute Gasteiger partial charge is 0.348 e. The van der Waals surface area contributed by atoms with Crippen LogP contribution in [0.25, 0.3) is 0 Å². The number of aryl methyl sites for hydroxylation is 1. The number of ether oxygens (including phenoxy) is 2. The van der Waals surface area contributed by atoms with Crippen molar-refractivity contribution < 1.29 is 9.47 Å². The summed E-state index contributed by atoms with van der Waals surface area (Å²) in [5.74, 6) is 0.336. The molecule has 2 aromatic carbocycles. The molecule has 0 amide bonds.